The predicted molar refractivity (Wildman–Crippen MR) is 77.6 cm³/mol. The van der Waals surface area contributed by atoms with E-state index >= 15 is 0 Å². The van der Waals surface area contributed by atoms with Crippen molar-refractivity contribution in [3.05, 3.63) is 5.69 Å². The van der Waals surface area contributed by atoms with E-state index in [4.69, 9.17) is 5.73 Å². The summed E-state index contributed by atoms with van der Waals surface area (Å²) in [5.74, 6) is 0. The molecule has 8 heteroatoms. The molecule has 0 radical (unpaired) electrons. The Morgan fingerprint density at radius 2 is 1.94 bits per heavy atom. The highest BCUT2D eigenvalue weighted by atomic mass is 32.2. The molecule has 2 aromatic rings. The lowest BCUT2D eigenvalue weighted by Gasteiger charge is -2.09. The van der Waals surface area contributed by atoms with Gasteiger partial charge in [0, 0.05) is 6.04 Å². The average molecular weight is 301 g/mol. The van der Waals surface area contributed by atoms with E-state index in [1.807, 2.05) is 17.9 Å². The first kappa shape index (κ1) is 13.7. The van der Waals surface area contributed by atoms with Crippen LogP contribution in [0.1, 0.15) is 25.6 Å². The van der Waals surface area contributed by atoms with Crippen LogP contribution < -0.4 is 5.73 Å². The number of anilines is 1. The maximum Gasteiger partial charge on any atom is 0.181 e. The molecule has 0 amide bonds. The van der Waals surface area contributed by atoms with Gasteiger partial charge in [0.25, 0.3) is 0 Å². The van der Waals surface area contributed by atoms with E-state index in [9.17, 15) is 0 Å². The van der Waals surface area contributed by atoms with Crippen molar-refractivity contribution in [3.63, 3.8) is 0 Å². The highest BCUT2D eigenvalue weighted by Gasteiger charge is 2.17. The second-order valence-electron chi connectivity index (χ2n) is 3.98. The van der Waals surface area contributed by atoms with Crippen molar-refractivity contribution in [2.24, 2.45) is 0 Å². The summed E-state index contributed by atoms with van der Waals surface area (Å²) >= 11 is 4.70. The summed E-state index contributed by atoms with van der Waals surface area (Å²) in [6.45, 7) is 6.10. The zero-order valence-corrected chi connectivity index (χ0v) is 13.1. The van der Waals surface area contributed by atoms with Crippen molar-refractivity contribution in [2.75, 3.05) is 12.0 Å². The Bertz CT molecular complexity index is 546. The van der Waals surface area contributed by atoms with Crippen LogP contribution in [0.15, 0.2) is 13.7 Å². The van der Waals surface area contributed by atoms with Crippen molar-refractivity contribution in [3.8, 4) is 0 Å². The van der Waals surface area contributed by atoms with E-state index in [0.717, 1.165) is 25.1 Å². The van der Waals surface area contributed by atoms with Crippen LogP contribution in [0, 0.1) is 6.92 Å². The van der Waals surface area contributed by atoms with Crippen molar-refractivity contribution >= 4 is 40.5 Å². The monoisotopic (exact) mass is 301 g/mol. The fraction of sp³-hybridized carbons (Fsp3) is 0.500. The average Bonchev–Trinajstić information content (AvgIpc) is 2.89. The minimum atomic E-state index is 0.274. The van der Waals surface area contributed by atoms with Crippen LogP contribution in [-0.4, -0.2) is 26.2 Å². The van der Waals surface area contributed by atoms with Gasteiger partial charge in [-0.15, -0.1) is 10.2 Å². The number of aryl methyl sites for hydroxylation is 1. The molecule has 0 aliphatic carbocycles. The summed E-state index contributed by atoms with van der Waals surface area (Å²) in [7, 11) is 0. The highest BCUT2D eigenvalue weighted by molar-refractivity contribution is 8.03. The molecule has 0 unspecified atom stereocenters. The molecule has 0 fully saturated rings. The van der Waals surface area contributed by atoms with Gasteiger partial charge in [0.15, 0.2) is 8.68 Å². The number of aromatic nitrogens is 4. The standard InChI is InChI=1S/C10H15N5S3/c1-5(2)15-8(7(11)6(3)14-15)17-10-13-12-9(16-4)18-10/h5H,11H2,1-4H3. The van der Waals surface area contributed by atoms with Crippen molar-refractivity contribution in [2.45, 2.75) is 40.5 Å². The Hall–Kier alpha value is -0.730. The maximum atomic E-state index is 6.08. The second kappa shape index (κ2) is 5.50. The van der Waals surface area contributed by atoms with Gasteiger partial charge >= 0.3 is 0 Å². The fourth-order valence-corrected chi connectivity index (χ4v) is 4.05. The summed E-state index contributed by atoms with van der Waals surface area (Å²) in [6, 6.07) is 0.274. The SMILES string of the molecule is CSc1nnc(Sc2c(N)c(C)nn2C(C)C)s1. The second-order valence-corrected chi connectivity index (χ2v) is 7.25. The molecular weight excluding hydrogens is 286 g/mol. The first-order valence-corrected chi connectivity index (χ1v) is 8.28. The molecule has 0 aromatic carbocycles. The van der Waals surface area contributed by atoms with Gasteiger partial charge in [-0.1, -0.05) is 23.1 Å². The minimum Gasteiger partial charge on any atom is -0.395 e. The lowest BCUT2D eigenvalue weighted by Crippen LogP contribution is -2.04. The third kappa shape index (κ3) is 2.65. The number of nitrogen functional groups attached to an aromatic ring is 1. The Kier molecular flexibility index (Phi) is 4.18. The Labute approximate surface area is 119 Å². The van der Waals surface area contributed by atoms with Crippen LogP contribution in [0.4, 0.5) is 5.69 Å². The van der Waals surface area contributed by atoms with Gasteiger partial charge in [0.05, 0.1) is 11.4 Å². The summed E-state index contributed by atoms with van der Waals surface area (Å²) < 4.78 is 3.80. The van der Waals surface area contributed by atoms with Crippen molar-refractivity contribution < 1.29 is 0 Å². The normalized spacial score (nSPS) is 11.4. The van der Waals surface area contributed by atoms with Crippen LogP contribution >= 0.6 is 34.9 Å². The third-order valence-corrected chi connectivity index (χ3v) is 5.37. The van der Waals surface area contributed by atoms with Gasteiger partial charge in [-0.2, -0.15) is 5.10 Å². The molecule has 0 aliphatic heterocycles. The molecule has 2 heterocycles. The topological polar surface area (TPSA) is 69.6 Å². The van der Waals surface area contributed by atoms with Crippen molar-refractivity contribution in [1.29, 1.82) is 0 Å². The molecule has 0 aliphatic rings. The molecule has 0 bridgehead atoms. The molecule has 5 nitrogen and oxygen atoms in total. The molecule has 18 heavy (non-hydrogen) atoms. The number of nitrogens with zero attached hydrogens (tertiary/aromatic N) is 4. The largest absolute Gasteiger partial charge is 0.395 e. The summed E-state index contributed by atoms with van der Waals surface area (Å²) in [4.78, 5) is 0. The number of hydrogen-bond acceptors (Lipinski definition) is 7. The van der Waals surface area contributed by atoms with Gasteiger partial charge in [-0.05, 0) is 38.8 Å². The number of rotatable bonds is 4. The molecule has 0 saturated heterocycles. The molecule has 0 atom stereocenters. The lowest BCUT2D eigenvalue weighted by molar-refractivity contribution is 0.491. The number of thioether (sulfide) groups is 1. The zero-order chi connectivity index (χ0) is 13.3. The first-order valence-electron chi connectivity index (χ1n) is 5.42. The van der Waals surface area contributed by atoms with Crippen LogP contribution in [0.2, 0.25) is 0 Å². The predicted octanol–water partition coefficient (Wildman–Crippen LogP) is 3.08. The van der Waals surface area contributed by atoms with Crippen LogP contribution in [-0.2, 0) is 0 Å². The number of hydrogen-bond donors (Lipinski definition) is 1. The molecular formula is C10H15N5S3. The fourth-order valence-electron chi connectivity index (χ4n) is 1.39. The van der Waals surface area contributed by atoms with E-state index in [0.29, 0.717) is 0 Å². The summed E-state index contributed by atoms with van der Waals surface area (Å²) in [5, 5.41) is 13.6. The van der Waals surface area contributed by atoms with Gasteiger partial charge in [-0.3, -0.25) is 4.68 Å². The molecule has 0 spiro atoms. The van der Waals surface area contributed by atoms with Crippen LogP contribution in [0.5, 0.6) is 0 Å². The number of nitrogens with two attached hydrogens (primary N) is 1. The first-order chi connectivity index (χ1) is 8.52. The van der Waals surface area contributed by atoms with E-state index < -0.39 is 0 Å². The Balaban J connectivity index is 2.33. The van der Waals surface area contributed by atoms with E-state index in [1.54, 1.807) is 23.1 Å². The van der Waals surface area contributed by atoms with Gasteiger partial charge in [0.2, 0.25) is 0 Å². The Morgan fingerprint density at radius 1 is 1.28 bits per heavy atom. The van der Waals surface area contributed by atoms with Crippen molar-refractivity contribution in [1.82, 2.24) is 20.0 Å². The van der Waals surface area contributed by atoms with Crippen LogP contribution in [0.3, 0.4) is 0 Å². The van der Waals surface area contributed by atoms with Gasteiger partial charge < -0.3 is 5.73 Å². The minimum absolute atomic E-state index is 0.274. The quantitative estimate of drug-likeness (QED) is 0.875. The Morgan fingerprint density at radius 3 is 2.50 bits per heavy atom. The van der Waals surface area contributed by atoms with Gasteiger partial charge in [0.1, 0.15) is 5.03 Å². The summed E-state index contributed by atoms with van der Waals surface area (Å²) in [5.41, 5.74) is 7.67. The maximum absolute atomic E-state index is 6.08. The van der Waals surface area contributed by atoms with E-state index in [1.165, 1.54) is 11.8 Å². The van der Waals surface area contributed by atoms with E-state index in [-0.39, 0.29) is 6.04 Å². The van der Waals surface area contributed by atoms with E-state index in [2.05, 4.69) is 29.1 Å². The molecule has 98 valence electrons. The third-order valence-electron chi connectivity index (χ3n) is 2.32. The van der Waals surface area contributed by atoms with Gasteiger partial charge in [-0.25, -0.2) is 0 Å². The molecule has 0 saturated carbocycles. The highest BCUT2D eigenvalue weighted by Crippen LogP contribution is 2.37. The molecule has 2 N–H and O–H groups in total. The zero-order valence-electron chi connectivity index (χ0n) is 10.7. The summed E-state index contributed by atoms with van der Waals surface area (Å²) in [6.07, 6.45) is 1.99. The molecule has 2 rings (SSSR count). The lowest BCUT2D eigenvalue weighted by atomic mass is 10.4. The van der Waals surface area contributed by atoms with Crippen LogP contribution in [0.25, 0.3) is 0 Å². The molecule has 2 aromatic heterocycles. The smallest absolute Gasteiger partial charge is 0.181 e.